The van der Waals surface area contributed by atoms with Crippen molar-refractivity contribution in [2.45, 2.75) is 37.1 Å². The summed E-state index contributed by atoms with van der Waals surface area (Å²) in [6.07, 6.45) is -4.20. The van der Waals surface area contributed by atoms with E-state index < -0.39 is 47.4 Å². The maximum atomic E-state index is 14.0. The molecule has 1 N–H and O–H groups in total. The Morgan fingerprint density at radius 3 is 2.56 bits per heavy atom. The van der Waals surface area contributed by atoms with Gasteiger partial charge < -0.3 is 10.1 Å². The Morgan fingerprint density at radius 2 is 2.00 bits per heavy atom. The molecule has 1 aliphatic carbocycles. The van der Waals surface area contributed by atoms with E-state index in [1.54, 1.807) is 0 Å². The second kappa shape index (κ2) is 8.62. The number of nitrogens with one attached hydrogen (secondary N) is 1. The van der Waals surface area contributed by atoms with E-state index in [0.29, 0.717) is 22.2 Å². The quantitative estimate of drug-likeness (QED) is 0.431. The topological polar surface area (TPSA) is 111 Å². The lowest BCUT2D eigenvalue weighted by Crippen LogP contribution is -2.35. The predicted molar refractivity (Wildman–Crippen MR) is 108 cm³/mol. The molecule has 0 aromatic carbocycles. The lowest BCUT2D eigenvalue weighted by atomic mass is 10.2. The van der Waals surface area contributed by atoms with Gasteiger partial charge in [0, 0.05) is 7.05 Å². The molecule has 1 fully saturated rings. The molecule has 1 amide bonds. The lowest BCUT2D eigenvalue weighted by Gasteiger charge is -2.18. The maximum absolute atomic E-state index is 14.0. The van der Waals surface area contributed by atoms with Gasteiger partial charge in [0.15, 0.2) is 17.3 Å². The molecule has 3 heterocycles. The van der Waals surface area contributed by atoms with Crippen molar-refractivity contribution in [2.75, 3.05) is 0 Å². The van der Waals surface area contributed by atoms with Crippen molar-refractivity contribution in [3.63, 3.8) is 0 Å². The van der Waals surface area contributed by atoms with Crippen LogP contribution in [0.3, 0.4) is 0 Å². The molecule has 9 nitrogen and oxygen atoms in total. The van der Waals surface area contributed by atoms with E-state index in [2.05, 4.69) is 25.5 Å². The summed E-state index contributed by atoms with van der Waals surface area (Å²) in [5, 5.41) is 22.1. The van der Waals surface area contributed by atoms with E-state index in [1.165, 1.54) is 6.07 Å². The largest absolute Gasteiger partial charge is 0.459 e. The highest BCUT2D eigenvalue weighted by Gasteiger charge is 2.62. The number of carbonyl (C=O) groups is 1. The number of nitrogens with zero attached hydrogens (tertiary/aromatic N) is 6. The van der Waals surface area contributed by atoms with E-state index in [4.69, 9.17) is 16.9 Å². The van der Waals surface area contributed by atoms with Crippen molar-refractivity contribution in [3.05, 3.63) is 27.9 Å². The Morgan fingerprint density at radius 1 is 1.33 bits per heavy atom. The second-order valence-electron chi connectivity index (χ2n) is 7.57. The van der Waals surface area contributed by atoms with Crippen molar-refractivity contribution in [1.29, 1.82) is 5.26 Å². The fraction of sp³-hybridized carbons (Fsp3) is 0.389. The molecule has 1 saturated carbocycles. The van der Waals surface area contributed by atoms with Crippen LogP contribution in [-0.2, 0) is 13.0 Å². The van der Waals surface area contributed by atoms with Gasteiger partial charge in [0.2, 0.25) is 0 Å². The number of carbonyl (C=O) groups excluding carboxylic acids is 1. The van der Waals surface area contributed by atoms with Crippen LogP contribution in [0.2, 0.25) is 4.34 Å². The van der Waals surface area contributed by atoms with Crippen molar-refractivity contribution in [1.82, 2.24) is 30.1 Å². The molecule has 0 radical (unpaired) electrons. The fourth-order valence-corrected chi connectivity index (χ4v) is 4.31. The average Bonchev–Trinajstić information content (AvgIpc) is 3.08. The molecule has 0 spiro atoms. The standard InChI is InChI=1S/C18H11ClF7N7O2S/c1-32-14(10(35-15(20)21)11(30-32)17(22,23)18(24,25)26)33-5-8(29-31-33)9-4-7(12(19)36-9)13(34)28-16(6-27)2-3-16/h4-5,15H,2-3H2,1H3,(H,28,34). The zero-order chi connectivity index (χ0) is 26.6. The molecule has 0 atom stereocenters. The summed E-state index contributed by atoms with van der Waals surface area (Å²) in [5.74, 6) is -8.60. The highest BCUT2D eigenvalue weighted by atomic mass is 35.5. The molecule has 4 rings (SSSR count). The van der Waals surface area contributed by atoms with Gasteiger partial charge in [-0.25, -0.2) is 4.68 Å². The number of ether oxygens (including phenoxy) is 1. The van der Waals surface area contributed by atoms with Crippen molar-refractivity contribution < 1.29 is 40.3 Å². The van der Waals surface area contributed by atoms with Gasteiger partial charge in [-0.2, -0.15) is 45.8 Å². The molecule has 3 aromatic heterocycles. The monoisotopic (exact) mass is 557 g/mol. The fourth-order valence-electron chi connectivity index (χ4n) is 3.09. The van der Waals surface area contributed by atoms with Gasteiger partial charge in [-0.3, -0.25) is 4.79 Å². The van der Waals surface area contributed by atoms with Crippen LogP contribution in [-0.4, -0.2) is 49.0 Å². The van der Waals surface area contributed by atoms with E-state index in [1.807, 2.05) is 6.07 Å². The van der Waals surface area contributed by atoms with Crippen molar-refractivity contribution in [3.8, 4) is 28.2 Å². The number of aromatic nitrogens is 5. The van der Waals surface area contributed by atoms with Crippen LogP contribution >= 0.6 is 22.9 Å². The summed E-state index contributed by atoms with van der Waals surface area (Å²) in [7, 11) is 0.915. The van der Waals surface area contributed by atoms with Crippen LogP contribution in [0, 0.1) is 11.3 Å². The Bertz CT molecular complexity index is 1370. The minimum atomic E-state index is -6.15. The van der Waals surface area contributed by atoms with Crippen LogP contribution in [0.5, 0.6) is 5.75 Å². The normalized spacial score (nSPS) is 15.1. The molecule has 18 heteroatoms. The highest BCUT2D eigenvalue weighted by Crippen LogP contribution is 2.48. The molecule has 36 heavy (non-hydrogen) atoms. The second-order valence-corrected chi connectivity index (χ2v) is 9.22. The first-order chi connectivity index (χ1) is 16.7. The van der Waals surface area contributed by atoms with Gasteiger partial charge in [-0.1, -0.05) is 16.8 Å². The molecule has 0 saturated heterocycles. The van der Waals surface area contributed by atoms with Gasteiger partial charge in [0.1, 0.15) is 15.6 Å². The van der Waals surface area contributed by atoms with Gasteiger partial charge in [-0.05, 0) is 18.9 Å². The Balaban J connectivity index is 1.71. The van der Waals surface area contributed by atoms with E-state index in [-0.39, 0.29) is 20.5 Å². The third-order valence-corrected chi connectivity index (χ3v) is 6.43. The molecule has 0 unspecified atom stereocenters. The summed E-state index contributed by atoms with van der Waals surface area (Å²) >= 11 is 6.98. The molecule has 0 aliphatic heterocycles. The molecule has 0 bridgehead atoms. The first-order valence-corrected chi connectivity index (χ1v) is 10.8. The van der Waals surface area contributed by atoms with Crippen LogP contribution in [0.1, 0.15) is 28.9 Å². The minimum absolute atomic E-state index is 0.00195. The van der Waals surface area contributed by atoms with Crippen LogP contribution < -0.4 is 10.1 Å². The zero-order valence-electron chi connectivity index (χ0n) is 17.6. The maximum Gasteiger partial charge on any atom is 0.459 e. The first kappa shape index (κ1) is 25.7. The molecular weight excluding hydrogens is 547 g/mol. The van der Waals surface area contributed by atoms with Gasteiger partial charge in [0.05, 0.1) is 22.7 Å². The van der Waals surface area contributed by atoms with Gasteiger partial charge in [-0.15, -0.1) is 16.4 Å². The number of rotatable bonds is 7. The Kier molecular flexibility index (Phi) is 6.15. The average molecular weight is 558 g/mol. The summed E-state index contributed by atoms with van der Waals surface area (Å²) in [6, 6.07) is 3.28. The van der Waals surface area contributed by atoms with E-state index in [0.717, 1.165) is 24.6 Å². The highest BCUT2D eigenvalue weighted by molar-refractivity contribution is 7.19. The van der Waals surface area contributed by atoms with Crippen LogP contribution in [0.15, 0.2) is 12.3 Å². The number of hydrogen-bond acceptors (Lipinski definition) is 7. The van der Waals surface area contributed by atoms with E-state index in [9.17, 15) is 35.5 Å². The van der Waals surface area contributed by atoms with E-state index >= 15 is 0 Å². The third-order valence-electron chi connectivity index (χ3n) is 5.05. The number of aryl methyl sites for hydroxylation is 1. The molecular formula is C18H11ClF7N7O2S. The predicted octanol–water partition coefficient (Wildman–Crippen LogP) is 4.42. The van der Waals surface area contributed by atoms with Gasteiger partial charge in [0.25, 0.3) is 5.91 Å². The lowest BCUT2D eigenvalue weighted by molar-refractivity contribution is -0.291. The zero-order valence-corrected chi connectivity index (χ0v) is 19.2. The number of hydrogen-bond donors (Lipinski definition) is 1. The summed E-state index contributed by atoms with van der Waals surface area (Å²) in [6.45, 7) is -3.76. The molecule has 192 valence electrons. The Hall–Kier alpha value is -3.39. The number of thiophene rings is 1. The SMILES string of the molecule is Cn1nc(C(F)(F)C(F)(F)F)c(OC(F)F)c1-n1cc(-c2cc(C(=O)NC3(C#N)CC3)c(Cl)s2)nn1. The smallest absolute Gasteiger partial charge is 0.428 e. The van der Waals surface area contributed by atoms with Crippen LogP contribution in [0.25, 0.3) is 16.4 Å². The summed E-state index contributed by atoms with van der Waals surface area (Å²) in [4.78, 5) is 12.7. The number of nitriles is 1. The van der Waals surface area contributed by atoms with Crippen LogP contribution in [0.4, 0.5) is 30.7 Å². The van der Waals surface area contributed by atoms with Crippen molar-refractivity contribution >= 4 is 28.8 Å². The van der Waals surface area contributed by atoms with Crippen molar-refractivity contribution in [2.24, 2.45) is 7.05 Å². The molecule has 1 aliphatic rings. The first-order valence-electron chi connectivity index (χ1n) is 9.62. The summed E-state index contributed by atoms with van der Waals surface area (Å²) < 4.78 is 97.6. The van der Waals surface area contributed by atoms with Gasteiger partial charge >= 0.3 is 18.7 Å². The third kappa shape index (κ3) is 4.46. The number of halogens is 8. The summed E-state index contributed by atoms with van der Waals surface area (Å²) in [5.41, 5.74) is -3.09. The molecule has 3 aromatic rings. The Labute approximate surface area is 205 Å². The minimum Gasteiger partial charge on any atom is -0.428 e. The number of alkyl halides is 7. The number of amides is 1.